The predicted octanol–water partition coefficient (Wildman–Crippen LogP) is 1.59. The van der Waals surface area contributed by atoms with Crippen LogP contribution in [0.15, 0.2) is 29.2 Å². The lowest BCUT2D eigenvalue weighted by atomic mass is 10.2. The van der Waals surface area contributed by atoms with E-state index in [1.807, 2.05) is 24.3 Å². The molecule has 1 aromatic carbocycles. The molecule has 1 aromatic rings. The number of hydrogen-bond acceptors (Lipinski definition) is 4. The van der Waals surface area contributed by atoms with Gasteiger partial charge in [-0.2, -0.15) is 0 Å². The van der Waals surface area contributed by atoms with Gasteiger partial charge < -0.3 is 10.1 Å². The molecule has 0 aliphatic carbocycles. The summed E-state index contributed by atoms with van der Waals surface area (Å²) in [6.07, 6.45) is 0. The number of benzene rings is 1. The molecular weight excluding hydrogens is 238 g/mol. The lowest BCUT2D eigenvalue weighted by molar-refractivity contribution is -0.152. The fourth-order valence-electron chi connectivity index (χ4n) is 1.22. The number of carbonyl (C=O) groups is 2. The molecule has 0 fully saturated rings. The highest BCUT2D eigenvalue weighted by Gasteiger charge is 2.12. The van der Waals surface area contributed by atoms with E-state index < -0.39 is 11.9 Å². The average Bonchev–Trinajstić information content (AvgIpc) is 2.37. The fraction of sp³-hybridized carbons (Fsp3) is 0.333. The van der Waals surface area contributed by atoms with Gasteiger partial charge in [0, 0.05) is 11.4 Å². The second-order valence-electron chi connectivity index (χ2n) is 3.25. The van der Waals surface area contributed by atoms with E-state index in [1.54, 1.807) is 11.8 Å². The molecule has 0 unspecified atom stereocenters. The molecular formula is C12H15NO3S. The molecule has 0 saturated heterocycles. The first kappa shape index (κ1) is 13.6. The van der Waals surface area contributed by atoms with Crippen LogP contribution in [-0.2, 0) is 20.9 Å². The largest absolute Gasteiger partial charge is 0.462 e. The second-order valence-corrected chi connectivity index (χ2v) is 4.59. The van der Waals surface area contributed by atoms with Crippen LogP contribution in [0.1, 0.15) is 12.5 Å². The molecule has 0 bridgehead atoms. The molecule has 0 radical (unpaired) electrons. The Balaban J connectivity index is 2.47. The zero-order chi connectivity index (χ0) is 12.7. The van der Waals surface area contributed by atoms with Crippen LogP contribution in [-0.4, -0.2) is 24.7 Å². The van der Waals surface area contributed by atoms with Crippen molar-refractivity contribution in [2.45, 2.75) is 18.4 Å². The first-order valence-electron chi connectivity index (χ1n) is 5.25. The van der Waals surface area contributed by atoms with Gasteiger partial charge in [0.1, 0.15) is 0 Å². The Morgan fingerprint density at radius 1 is 1.29 bits per heavy atom. The highest BCUT2D eigenvalue weighted by Crippen LogP contribution is 2.17. The zero-order valence-corrected chi connectivity index (χ0v) is 10.7. The summed E-state index contributed by atoms with van der Waals surface area (Å²) in [6, 6.07) is 7.84. The van der Waals surface area contributed by atoms with Crippen LogP contribution < -0.4 is 5.32 Å². The minimum Gasteiger partial charge on any atom is -0.462 e. The van der Waals surface area contributed by atoms with Crippen LogP contribution >= 0.6 is 11.8 Å². The molecule has 92 valence electrons. The van der Waals surface area contributed by atoms with Gasteiger partial charge in [-0.3, -0.25) is 4.79 Å². The SMILES string of the molecule is CCSc1ccc(CNC(=O)C(=O)OC)cc1. The lowest BCUT2D eigenvalue weighted by Crippen LogP contribution is -2.31. The minimum atomic E-state index is -0.872. The number of ether oxygens (including phenoxy) is 1. The average molecular weight is 253 g/mol. The van der Waals surface area contributed by atoms with Gasteiger partial charge in [-0.05, 0) is 23.4 Å². The third-order valence-corrected chi connectivity index (χ3v) is 2.95. The van der Waals surface area contributed by atoms with Gasteiger partial charge >= 0.3 is 11.9 Å². The molecule has 0 aliphatic heterocycles. The number of thioether (sulfide) groups is 1. The molecule has 0 spiro atoms. The monoisotopic (exact) mass is 253 g/mol. The molecule has 4 nitrogen and oxygen atoms in total. The van der Waals surface area contributed by atoms with Gasteiger partial charge in [-0.1, -0.05) is 19.1 Å². The summed E-state index contributed by atoms with van der Waals surface area (Å²) in [5.74, 6) is -0.569. The summed E-state index contributed by atoms with van der Waals surface area (Å²) in [4.78, 5) is 23.2. The van der Waals surface area contributed by atoms with Crippen LogP contribution in [0.4, 0.5) is 0 Å². The van der Waals surface area contributed by atoms with Gasteiger partial charge in [0.15, 0.2) is 0 Å². The first-order chi connectivity index (χ1) is 8.17. The van der Waals surface area contributed by atoms with E-state index in [9.17, 15) is 9.59 Å². The maximum atomic E-state index is 11.1. The second kappa shape index (κ2) is 6.96. The fourth-order valence-corrected chi connectivity index (χ4v) is 1.88. The zero-order valence-electron chi connectivity index (χ0n) is 9.86. The van der Waals surface area contributed by atoms with Crippen molar-refractivity contribution in [3.8, 4) is 0 Å². The maximum Gasteiger partial charge on any atom is 0.396 e. The quantitative estimate of drug-likeness (QED) is 0.503. The van der Waals surface area contributed by atoms with Gasteiger partial charge in [0.05, 0.1) is 7.11 Å². The number of nitrogens with one attached hydrogen (secondary N) is 1. The molecule has 1 rings (SSSR count). The number of hydrogen-bond donors (Lipinski definition) is 1. The lowest BCUT2D eigenvalue weighted by Gasteiger charge is -2.04. The molecule has 5 heteroatoms. The van der Waals surface area contributed by atoms with Crippen LogP contribution in [0.5, 0.6) is 0 Å². The number of rotatable bonds is 4. The van der Waals surface area contributed by atoms with Gasteiger partial charge in [0.2, 0.25) is 0 Å². The Hall–Kier alpha value is -1.49. The van der Waals surface area contributed by atoms with E-state index in [0.29, 0.717) is 6.54 Å². The van der Waals surface area contributed by atoms with Crippen LogP contribution in [0.25, 0.3) is 0 Å². The minimum absolute atomic E-state index is 0.324. The van der Waals surface area contributed by atoms with Crippen LogP contribution in [0.2, 0.25) is 0 Å². The van der Waals surface area contributed by atoms with Gasteiger partial charge in [-0.25, -0.2) is 4.79 Å². The summed E-state index contributed by atoms with van der Waals surface area (Å²) in [5.41, 5.74) is 0.947. The summed E-state index contributed by atoms with van der Waals surface area (Å²) >= 11 is 1.76. The van der Waals surface area contributed by atoms with E-state index in [-0.39, 0.29) is 0 Å². The normalized spacial score (nSPS) is 9.76. The highest BCUT2D eigenvalue weighted by molar-refractivity contribution is 7.99. The third kappa shape index (κ3) is 4.48. The Morgan fingerprint density at radius 3 is 2.47 bits per heavy atom. The molecule has 0 atom stereocenters. The van der Waals surface area contributed by atoms with E-state index in [1.165, 1.54) is 12.0 Å². The predicted molar refractivity (Wildman–Crippen MR) is 66.7 cm³/mol. The van der Waals surface area contributed by atoms with E-state index in [2.05, 4.69) is 17.0 Å². The molecule has 0 aromatic heterocycles. The van der Waals surface area contributed by atoms with Crippen molar-refractivity contribution >= 4 is 23.6 Å². The summed E-state index contributed by atoms with van der Waals surface area (Å²) in [6.45, 7) is 2.42. The summed E-state index contributed by atoms with van der Waals surface area (Å²) in [5, 5.41) is 2.48. The van der Waals surface area contributed by atoms with Crippen LogP contribution in [0, 0.1) is 0 Å². The summed E-state index contributed by atoms with van der Waals surface area (Å²) < 4.78 is 4.30. The molecule has 1 N–H and O–H groups in total. The van der Waals surface area contributed by atoms with Crippen molar-refractivity contribution in [3.63, 3.8) is 0 Å². The molecule has 0 aliphatic rings. The van der Waals surface area contributed by atoms with Crippen LogP contribution in [0.3, 0.4) is 0 Å². The van der Waals surface area contributed by atoms with E-state index in [0.717, 1.165) is 11.3 Å². The van der Waals surface area contributed by atoms with E-state index >= 15 is 0 Å². The Morgan fingerprint density at radius 2 is 1.94 bits per heavy atom. The Labute approximate surface area is 105 Å². The van der Waals surface area contributed by atoms with Crippen molar-refractivity contribution in [3.05, 3.63) is 29.8 Å². The topological polar surface area (TPSA) is 55.4 Å². The smallest absolute Gasteiger partial charge is 0.396 e. The van der Waals surface area contributed by atoms with Crippen molar-refractivity contribution in [1.29, 1.82) is 0 Å². The first-order valence-corrected chi connectivity index (χ1v) is 6.23. The van der Waals surface area contributed by atoms with E-state index in [4.69, 9.17) is 0 Å². The number of methoxy groups -OCH3 is 1. The standard InChI is InChI=1S/C12H15NO3S/c1-3-17-10-6-4-9(5-7-10)8-13-11(14)12(15)16-2/h4-7H,3,8H2,1-2H3,(H,13,14). The van der Waals surface area contributed by atoms with Crippen molar-refractivity contribution in [2.75, 3.05) is 12.9 Å². The van der Waals surface area contributed by atoms with Gasteiger partial charge in [-0.15, -0.1) is 11.8 Å². The van der Waals surface area contributed by atoms with Crippen molar-refractivity contribution in [1.82, 2.24) is 5.32 Å². The molecule has 17 heavy (non-hydrogen) atoms. The molecule has 0 saturated carbocycles. The summed E-state index contributed by atoms with van der Waals surface area (Å²) in [7, 11) is 1.18. The highest BCUT2D eigenvalue weighted by atomic mass is 32.2. The third-order valence-electron chi connectivity index (χ3n) is 2.06. The van der Waals surface area contributed by atoms with Crippen molar-refractivity contribution in [2.24, 2.45) is 0 Å². The van der Waals surface area contributed by atoms with Gasteiger partial charge in [0.25, 0.3) is 0 Å². The molecule has 1 amide bonds. The number of amides is 1. The Kier molecular flexibility index (Phi) is 5.56. The maximum absolute atomic E-state index is 11.1. The number of esters is 1. The molecule has 0 heterocycles. The Bertz CT molecular complexity index is 389. The number of carbonyl (C=O) groups excluding carboxylic acids is 2. The van der Waals surface area contributed by atoms with Crippen molar-refractivity contribution < 1.29 is 14.3 Å².